The first kappa shape index (κ1) is 14.6. The molecule has 1 nitrogen and oxygen atoms in total. The van der Waals surface area contributed by atoms with Crippen LogP contribution in [0.25, 0.3) is 0 Å². The lowest BCUT2D eigenvalue weighted by atomic mass is 9.88. The Bertz CT molecular complexity index is 633. The van der Waals surface area contributed by atoms with Crippen LogP contribution in [0.3, 0.4) is 0 Å². The van der Waals surface area contributed by atoms with Gasteiger partial charge in [0.15, 0.2) is 0 Å². The van der Waals surface area contributed by atoms with E-state index in [2.05, 4.69) is 12.1 Å². The maximum Gasteiger partial charge on any atom is 0.127 e. The van der Waals surface area contributed by atoms with Crippen molar-refractivity contribution >= 4 is 11.6 Å². The van der Waals surface area contributed by atoms with Crippen LogP contribution in [0.5, 0.6) is 0 Å². The minimum Gasteiger partial charge on any atom is -0.388 e. The topological polar surface area (TPSA) is 20.2 Å². The van der Waals surface area contributed by atoms with Crippen molar-refractivity contribution < 1.29 is 9.50 Å². The molecule has 1 aliphatic carbocycles. The summed E-state index contributed by atoms with van der Waals surface area (Å²) in [5, 5.41) is 10.8. The van der Waals surface area contributed by atoms with Crippen molar-refractivity contribution in [2.45, 2.75) is 38.2 Å². The average molecular weight is 305 g/mol. The predicted molar refractivity (Wildman–Crippen MR) is 83.2 cm³/mol. The third-order valence-corrected chi connectivity index (χ3v) is 4.57. The van der Waals surface area contributed by atoms with Gasteiger partial charge < -0.3 is 5.11 Å². The molecule has 0 radical (unpaired) electrons. The van der Waals surface area contributed by atoms with E-state index in [9.17, 15) is 9.50 Å². The fourth-order valence-corrected chi connectivity index (χ4v) is 3.24. The predicted octanol–water partition coefficient (Wildman–Crippen LogP) is 4.63. The fraction of sp³-hybridized carbons (Fsp3) is 0.333. The lowest BCUT2D eigenvalue weighted by Crippen LogP contribution is -2.08. The van der Waals surface area contributed by atoms with E-state index in [1.165, 1.54) is 30.0 Å². The van der Waals surface area contributed by atoms with Crippen molar-refractivity contribution in [3.63, 3.8) is 0 Å². The molecular formula is C18H18ClFO. The summed E-state index contributed by atoms with van der Waals surface area (Å²) < 4.78 is 13.8. The van der Waals surface area contributed by atoms with Crippen LogP contribution in [-0.4, -0.2) is 5.11 Å². The molecule has 0 fully saturated rings. The van der Waals surface area contributed by atoms with Crippen LogP contribution < -0.4 is 0 Å². The second kappa shape index (κ2) is 6.17. The van der Waals surface area contributed by atoms with Crippen molar-refractivity contribution in [2.75, 3.05) is 0 Å². The first-order valence-electron chi connectivity index (χ1n) is 7.38. The van der Waals surface area contributed by atoms with Crippen molar-refractivity contribution in [3.05, 3.63) is 69.5 Å². The molecule has 0 spiro atoms. The van der Waals surface area contributed by atoms with E-state index in [0.29, 0.717) is 10.6 Å². The largest absolute Gasteiger partial charge is 0.388 e. The molecule has 1 N–H and O–H groups in total. The van der Waals surface area contributed by atoms with Crippen molar-refractivity contribution in [3.8, 4) is 0 Å². The van der Waals surface area contributed by atoms with Gasteiger partial charge in [-0.25, -0.2) is 4.39 Å². The lowest BCUT2D eigenvalue weighted by Gasteiger charge is -2.19. The van der Waals surface area contributed by atoms with Gasteiger partial charge in [-0.3, -0.25) is 0 Å². The standard InChI is InChI=1S/C18H18ClFO/c19-16-6-3-7-17(20)15(16)11-18(21)14-9-8-12-4-1-2-5-13(12)10-14/h3,6-10,18,21H,1-2,4-5,11H2. The highest BCUT2D eigenvalue weighted by atomic mass is 35.5. The van der Waals surface area contributed by atoms with E-state index in [0.717, 1.165) is 18.4 Å². The second-order valence-electron chi connectivity index (χ2n) is 5.66. The molecule has 3 rings (SSSR count). The first-order valence-corrected chi connectivity index (χ1v) is 7.75. The third-order valence-electron chi connectivity index (χ3n) is 4.22. The van der Waals surface area contributed by atoms with Crippen LogP contribution in [0, 0.1) is 5.82 Å². The van der Waals surface area contributed by atoms with Crippen molar-refractivity contribution in [1.29, 1.82) is 0 Å². The van der Waals surface area contributed by atoms with E-state index in [1.54, 1.807) is 12.1 Å². The van der Waals surface area contributed by atoms with Crippen LogP contribution in [0.1, 0.15) is 41.2 Å². The molecule has 0 saturated carbocycles. The minimum atomic E-state index is -0.730. The molecule has 2 aromatic rings. The Morgan fingerprint density at radius 3 is 2.62 bits per heavy atom. The summed E-state index contributed by atoms with van der Waals surface area (Å²) in [4.78, 5) is 0. The Morgan fingerprint density at radius 1 is 1.10 bits per heavy atom. The second-order valence-corrected chi connectivity index (χ2v) is 6.06. The van der Waals surface area contributed by atoms with E-state index >= 15 is 0 Å². The van der Waals surface area contributed by atoms with Gasteiger partial charge in [-0.15, -0.1) is 0 Å². The van der Waals surface area contributed by atoms with E-state index in [-0.39, 0.29) is 12.2 Å². The zero-order valence-electron chi connectivity index (χ0n) is 11.8. The highest BCUT2D eigenvalue weighted by Gasteiger charge is 2.17. The van der Waals surface area contributed by atoms with Gasteiger partial charge in [0.1, 0.15) is 5.82 Å². The van der Waals surface area contributed by atoms with E-state index in [1.807, 2.05) is 6.07 Å². The summed E-state index contributed by atoms with van der Waals surface area (Å²) in [5.74, 6) is -0.362. The third kappa shape index (κ3) is 3.12. The SMILES string of the molecule is OC(Cc1c(F)cccc1Cl)c1ccc2c(c1)CCCC2. The van der Waals surface area contributed by atoms with Gasteiger partial charge >= 0.3 is 0 Å². The van der Waals surface area contributed by atoms with Gasteiger partial charge in [-0.2, -0.15) is 0 Å². The smallest absolute Gasteiger partial charge is 0.127 e. The van der Waals surface area contributed by atoms with Crippen LogP contribution in [0.4, 0.5) is 4.39 Å². The molecule has 0 heterocycles. The Balaban J connectivity index is 1.84. The van der Waals surface area contributed by atoms with Gasteiger partial charge in [-0.1, -0.05) is 35.9 Å². The van der Waals surface area contributed by atoms with Crippen molar-refractivity contribution in [2.24, 2.45) is 0 Å². The number of aryl methyl sites for hydroxylation is 2. The summed E-state index contributed by atoms with van der Waals surface area (Å²) in [5.41, 5.74) is 3.91. The highest BCUT2D eigenvalue weighted by molar-refractivity contribution is 6.31. The number of benzene rings is 2. The normalized spacial score (nSPS) is 15.6. The molecular weight excluding hydrogens is 287 g/mol. The molecule has 0 bridgehead atoms. The molecule has 0 saturated heterocycles. The van der Waals surface area contributed by atoms with Gasteiger partial charge in [0.2, 0.25) is 0 Å². The number of hydrogen-bond acceptors (Lipinski definition) is 1. The molecule has 1 aliphatic rings. The Hall–Kier alpha value is -1.38. The zero-order chi connectivity index (χ0) is 14.8. The molecule has 2 aromatic carbocycles. The Labute approximate surface area is 129 Å². The van der Waals surface area contributed by atoms with Crippen LogP contribution in [0.2, 0.25) is 5.02 Å². The van der Waals surface area contributed by atoms with E-state index < -0.39 is 6.10 Å². The quantitative estimate of drug-likeness (QED) is 0.876. The fourth-order valence-electron chi connectivity index (χ4n) is 3.00. The van der Waals surface area contributed by atoms with Gasteiger partial charge in [-0.05, 0) is 54.5 Å². The summed E-state index contributed by atoms with van der Waals surface area (Å²) in [6.45, 7) is 0. The molecule has 110 valence electrons. The maximum atomic E-state index is 13.8. The number of fused-ring (bicyclic) bond motifs is 1. The number of aliphatic hydroxyl groups excluding tert-OH is 1. The Morgan fingerprint density at radius 2 is 1.86 bits per heavy atom. The lowest BCUT2D eigenvalue weighted by molar-refractivity contribution is 0.177. The van der Waals surface area contributed by atoms with Crippen molar-refractivity contribution in [1.82, 2.24) is 0 Å². The van der Waals surface area contributed by atoms with Gasteiger partial charge in [0, 0.05) is 17.0 Å². The minimum absolute atomic E-state index is 0.199. The van der Waals surface area contributed by atoms with Crippen LogP contribution in [0.15, 0.2) is 36.4 Å². The molecule has 1 atom stereocenters. The number of halogens is 2. The molecule has 3 heteroatoms. The zero-order valence-corrected chi connectivity index (χ0v) is 12.5. The molecule has 21 heavy (non-hydrogen) atoms. The number of rotatable bonds is 3. The van der Waals surface area contributed by atoms with Gasteiger partial charge in [0.05, 0.1) is 6.10 Å². The molecule has 0 aliphatic heterocycles. The number of aliphatic hydroxyl groups is 1. The highest BCUT2D eigenvalue weighted by Crippen LogP contribution is 2.29. The summed E-state index contributed by atoms with van der Waals surface area (Å²) >= 11 is 6.03. The van der Waals surface area contributed by atoms with Crippen LogP contribution >= 0.6 is 11.6 Å². The van der Waals surface area contributed by atoms with Crippen LogP contribution in [-0.2, 0) is 19.3 Å². The molecule has 0 aromatic heterocycles. The molecule has 0 amide bonds. The first-order chi connectivity index (χ1) is 10.1. The Kier molecular flexibility index (Phi) is 4.27. The summed E-state index contributed by atoms with van der Waals surface area (Å²) in [6, 6.07) is 10.7. The molecule has 1 unspecified atom stereocenters. The number of hydrogen-bond donors (Lipinski definition) is 1. The summed E-state index contributed by atoms with van der Waals surface area (Å²) in [7, 11) is 0. The maximum absolute atomic E-state index is 13.8. The van der Waals surface area contributed by atoms with E-state index in [4.69, 9.17) is 11.6 Å². The summed E-state index contributed by atoms with van der Waals surface area (Å²) in [6.07, 6.45) is 4.09. The van der Waals surface area contributed by atoms with Gasteiger partial charge in [0.25, 0.3) is 0 Å². The average Bonchev–Trinajstić information content (AvgIpc) is 2.50. The monoisotopic (exact) mass is 304 g/mol.